The van der Waals surface area contributed by atoms with Gasteiger partial charge in [-0.2, -0.15) is 0 Å². The van der Waals surface area contributed by atoms with Crippen molar-refractivity contribution in [3.63, 3.8) is 0 Å². The van der Waals surface area contributed by atoms with Crippen molar-refractivity contribution in [2.24, 2.45) is 0 Å². The van der Waals surface area contributed by atoms with Crippen LogP contribution in [0.25, 0.3) is 0 Å². The van der Waals surface area contributed by atoms with Crippen molar-refractivity contribution in [1.29, 1.82) is 0 Å². The Morgan fingerprint density at radius 1 is 1.35 bits per heavy atom. The number of hydrogen-bond acceptors (Lipinski definition) is 3. The fourth-order valence-electron chi connectivity index (χ4n) is 2.67. The van der Waals surface area contributed by atoms with E-state index in [0.717, 1.165) is 37.4 Å². The van der Waals surface area contributed by atoms with Crippen LogP contribution in [0.2, 0.25) is 0 Å². The Kier molecular flexibility index (Phi) is 2.33. The molecule has 1 spiro atoms. The first-order valence-corrected chi connectivity index (χ1v) is 5.96. The molecule has 0 bridgehead atoms. The van der Waals surface area contributed by atoms with Gasteiger partial charge in [0.25, 0.3) is 0 Å². The van der Waals surface area contributed by atoms with Crippen molar-refractivity contribution in [3.8, 4) is 5.75 Å². The largest absolute Gasteiger partial charge is 0.497 e. The minimum Gasteiger partial charge on any atom is -0.497 e. The first kappa shape index (κ1) is 10.6. The van der Waals surface area contributed by atoms with Crippen molar-refractivity contribution < 1.29 is 9.53 Å². The molecule has 4 nitrogen and oxygen atoms in total. The van der Waals surface area contributed by atoms with E-state index in [2.05, 4.69) is 5.32 Å². The molecule has 17 heavy (non-hydrogen) atoms. The van der Waals surface area contributed by atoms with E-state index in [1.807, 2.05) is 29.2 Å². The lowest BCUT2D eigenvalue weighted by molar-refractivity contribution is -0.129. The summed E-state index contributed by atoms with van der Waals surface area (Å²) < 4.78 is 5.10. The Hall–Kier alpha value is -1.55. The number of β-lactam (4-membered cyclic amide) rings is 1. The molecule has 0 aliphatic carbocycles. The summed E-state index contributed by atoms with van der Waals surface area (Å²) in [7, 11) is 1.64. The van der Waals surface area contributed by atoms with Crippen molar-refractivity contribution in [2.45, 2.75) is 18.4 Å². The van der Waals surface area contributed by atoms with Crippen molar-refractivity contribution in [3.05, 3.63) is 24.3 Å². The maximum atomic E-state index is 12.2. The highest BCUT2D eigenvalue weighted by atomic mass is 16.5. The molecule has 1 atom stereocenters. The van der Waals surface area contributed by atoms with Gasteiger partial charge in [-0.15, -0.1) is 0 Å². The molecular weight excluding hydrogens is 216 g/mol. The molecule has 0 radical (unpaired) electrons. The Bertz CT molecular complexity index is 435. The summed E-state index contributed by atoms with van der Waals surface area (Å²) in [5.74, 6) is 1.02. The molecule has 3 rings (SSSR count). The second kappa shape index (κ2) is 3.74. The van der Waals surface area contributed by atoms with E-state index in [0.29, 0.717) is 0 Å². The molecule has 2 aliphatic heterocycles. The van der Waals surface area contributed by atoms with Crippen LogP contribution >= 0.6 is 0 Å². The number of anilines is 1. The Morgan fingerprint density at radius 3 is 2.65 bits per heavy atom. The average molecular weight is 232 g/mol. The van der Waals surface area contributed by atoms with Crippen LogP contribution in [0.15, 0.2) is 24.3 Å². The van der Waals surface area contributed by atoms with Gasteiger partial charge in [-0.3, -0.25) is 4.79 Å². The zero-order chi connectivity index (χ0) is 11.9. The normalized spacial score (nSPS) is 27.4. The predicted octanol–water partition coefficient (Wildman–Crippen LogP) is 1.16. The first-order valence-electron chi connectivity index (χ1n) is 5.96. The molecule has 1 aromatic rings. The molecule has 0 aromatic heterocycles. The number of rotatable bonds is 2. The maximum absolute atomic E-state index is 12.2. The highest BCUT2D eigenvalue weighted by molar-refractivity contribution is 6.07. The van der Waals surface area contributed by atoms with Gasteiger partial charge in [-0.25, -0.2) is 0 Å². The molecule has 2 fully saturated rings. The maximum Gasteiger partial charge on any atom is 0.249 e. The van der Waals surface area contributed by atoms with Crippen molar-refractivity contribution in [1.82, 2.24) is 5.32 Å². The molecule has 4 heteroatoms. The monoisotopic (exact) mass is 232 g/mol. The second-order valence-corrected chi connectivity index (χ2v) is 4.70. The van der Waals surface area contributed by atoms with Crippen LogP contribution in [-0.4, -0.2) is 31.6 Å². The number of amides is 1. The van der Waals surface area contributed by atoms with Crippen LogP contribution < -0.4 is 15.0 Å². The lowest BCUT2D eigenvalue weighted by atomic mass is 9.86. The average Bonchev–Trinajstić information content (AvgIpc) is 2.87. The van der Waals surface area contributed by atoms with E-state index in [9.17, 15) is 4.79 Å². The third kappa shape index (κ3) is 1.52. The lowest BCUT2D eigenvalue weighted by Gasteiger charge is -2.46. The van der Waals surface area contributed by atoms with E-state index in [-0.39, 0.29) is 11.4 Å². The van der Waals surface area contributed by atoms with E-state index in [4.69, 9.17) is 4.74 Å². The fraction of sp³-hybridized carbons (Fsp3) is 0.462. The number of methoxy groups -OCH3 is 1. The van der Waals surface area contributed by atoms with Gasteiger partial charge in [0.15, 0.2) is 0 Å². The number of nitrogens with zero attached hydrogens (tertiary/aromatic N) is 1. The van der Waals surface area contributed by atoms with Gasteiger partial charge < -0.3 is 15.0 Å². The van der Waals surface area contributed by atoms with E-state index in [1.54, 1.807) is 7.11 Å². The smallest absolute Gasteiger partial charge is 0.249 e. The molecule has 0 saturated carbocycles. The Balaban J connectivity index is 1.76. The zero-order valence-electron chi connectivity index (χ0n) is 9.90. The molecule has 90 valence electrons. The van der Waals surface area contributed by atoms with Gasteiger partial charge in [0.05, 0.1) is 13.7 Å². The third-order valence-corrected chi connectivity index (χ3v) is 3.71. The summed E-state index contributed by atoms with van der Waals surface area (Å²) in [5, 5.41) is 3.33. The molecule has 1 amide bonds. The Morgan fingerprint density at radius 2 is 2.12 bits per heavy atom. The molecule has 2 aliphatic rings. The minimum absolute atomic E-state index is 0.208. The summed E-state index contributed by atoms with van der Waals surface area (Å²) in [6, 6.07) is 7.63. The van der Waals surface area contributed by atoms with Crippen LogP contribution in [0.3, 0.4) is 0 Å². The lowest BCUT2D eigenvalue weighted by Crippen LogP contribution is -2.71. The van der Waals surface area contributed by atoms with Crippen molar-refractivity contribution >= 4 is 11.6 Å². The van der Waals surface area contributed by atoms with Crippen LogP contribution in [0, 0.1) is 0 Å². The Labute approximate surface area is 101 Å². The number of benzene rings is 1. The topological polar surface area (TPSA) is 41.6 Å². The van der Waals surface area contributed by atoms with Crippen LogP contribution in [0.5, 0.6) is 5.75 Å². The summed E-state index contributed by atoms with van der Waals surface area (Å²) in [4.78, 5) is 14.0. The van der Waals surface area contributed by atoms with Gasteiger partial charge in [0.2, 0.25) is 5.91 Å². The van der Waals surface area contributed by atoms with Gasteiger partial charge in [0, 0.05) is 5.69 Å². The summed E-state index contributed by atoms with van der Waals surface area (Å²) in [6.07, 6.45) is 2.07. The summed E-state index contributed by atoms with van der Waals surface area (Å²) in [5.41, 5.74) is 0.704. The summed E-state index contributed by atoms with van der Waals surface area (Å²) in [6.45, 7) is 1.75. The highest BCUT2D eigenvalue weighted by Crippen LogP contribution is 2.35. The number of hydrogen-bond donors (Lipinski definition) is 1. The first-order chi connectivity index (χ1) is 8.25. The molecule has 1 aromatic carbocycles. The minimum atomic E-state index is -0.250. The predicted molar refractivity (Wildman–Crippen MR) is 65.3 cm³/mol. The SMILES string of the molecule is COc1ccc(N2CC3(CCCN3)C2=O)cc1. The quantitative estimate of drug-likeness (QED) is 0.778. The van der Waals surface area contributed by atoms with Crippen LogP contribution in [0.4, 0.5) is 5.69 Å². The van der Waals surface area contributed by atoms with E-state index < -0.39 is 0 Å². The van der Waals surface area contributed by atoms with Gasteiger partial charge >= 0.3 is 0 Å². The number of carbonyl (C=O) groups is 1. The van der Waals surface area contributed by atoms with E-state index >= 15 is 0 Å². The molecular formula is C13H16N2O2. The highest BCUT2D eigenvalue weighted by Gasteiger charge is 2.53. The van der Waals surface area contributed by atoms with Gasteiger partial charge in [-0.1, -0.05) is 0 Å². The van der Waals surface area contributed by atoms with E-state index in [1.165, 1.54) is 0 Å². The van der Waals surface area contributed by atoms with Crippen LogP contribution in [-0.2, 0) is 4.79 Å². The molecule has 1 N–H and O–H groups in total. The molecule has 2 heterocycles. The standard InChI is InChI=1S/C13H16N2O2/c1-17-11-5-3-10(4-6-11)15-9-13(12(15)16)7-2-8-14-13/h3-6,14H,2,7-9H2,1H3. The fourth-order valence-corrected chi connectivity index (χ4v) is 2.67. The molecule has 2 saturated heterocycles. The number of carbonyl (C=O) groups excluding carboxylic acids is 1. The second-order valence-electron chi connectivity index (χ2n) is 4.70. The van der Waals surface area contributed by atoms with Crippen LogP contribution in [0.1, 0.15) is 12.8 Å². The number of nitrogens with one attached hydrogen (secondary N) is 1. The summed E-state index contributed by atoms with van der Waals surface area (Å²) >= 11 is 0. The van der Waals surface area contributed by atoms with Gasteiger partial charge in [-0.05, 0) is 43.7 Å². The number of ether oxygens (including phenoxy) is 1. The van der Waals surface area contributed by atoms with Gasteiger partial charge in [0.1, 0.15) is 11.3 Å². The third-order valence-electron chi connectivity index (χ3n) is 3.71. The zero-order valence-corrected chi connectivity index (χ0v) is 9.90. The van der Waals surface area contributed by atoms with Crippen molar-refractivity contribution in [2.75, 3.05) is 25.1 Å². The molecule has 1 unspecified atom stereocenters.